The zero-order valence-corrected chi connectivity index (χ0v) is 19.0. The second-order valence-electron chi connectivity index (χ2n) is 7.25. The van der Waals surface area contributed by atoms with Gasteiger partial charge in [-0.15, -0.1) is 12.4 Å². The molecule has 3 aromatic heterocycles. The van der Waals surface area contributed by atoms with E-state index in [9.17, 15) is 4.79 Å². The first-order chi connectivity index (χ1) is 14.5. The molecule has 0 radical (unpaired) electrons. The summed E-state index contributed by atoms with van der Waals surface area (Å²) in [6.45, 7) is 5.12. The van der Waals surface area contributed by atoms with Crippen molar-refractivity contribution >= 4 is 35.6 Å². The number of carbonyl (C=O) groups excluding carboxylic acids is 1. The summed E-state index contributed by atoms with van der Waals surface area (Å²) in [6, 6.07) is 17.4. The van der Waals surface area contributed by atoms with Crippen LogP contribution in [0.5, 0.6) is 0 Å². The molecule has 0 aliphatic rings. The lowest BCUT2D eigenvalue weighted by Crippen LogP contribution is -2.32. The van der Waals surface area contributed by atoms with Crippen LogP contribution >= 0.6 is 24.0 Å². The number of fused-ring (bicyclic) bond motifs is 1. The van der Waals surface area contributed by atoms with Gasteiger partial charge in [-0.05, 0) is 55.8 Å². The molecule has 0 bridgehead atoms. The molecule has 0 aliphatic heterocycles. The molecule has 7 heteroatoms. The minimum Gasteiger partial charge on any atom is -0.337 e. The van der Waals surface area contributed by atoms with Crippen molar-refractivity contribution in [2.75, 3.05) is 6.54 Å². The summed E-state index contributed by atoms with van der Waals surface area (Å²) in [7, 11) is 0. The number of rotatable bonds is 6. The number of nitrogens with zero attached hydrogens (tertiary/aromatic N) is 4. The number of pyridine rings is 2. The quantitative estimate of drug-likeness (QED) is 0.393. The molecule has 5 nitrogen and oxygen atoms in total. The molecule has 4 rings (SSSR count). The van der Waals surface area contributed by atoms with Gasteiger partial charge in [-0.3, -0.25) is 9.78 Å². The molecule has 0 aliphatic carbocycles. The molecule has 0 saturated carbocycles. The van der Waals surface area contributed by atoms with Gasteiger partial charge in [-0.1, -0.05) is 29.8 Å². The Labute approximate surface area is 193 Å². The van der Waals surface area contributed by atoms with Crippen LogP contribution in [0.15, 0.2) is 67.0 Å². The average Bonchev–Trinajstić information content (AvgIpc) is 3.10. The van der Waals surface area contributed by atoms with Crippen LogP contribution in [0.1, 0.15) is 23.9 Å². The van der Waals surface area contributed by atoms with E-state index in [0.717, 1.165) is 33.9 Å². The third-order valence-corrected chi connectivity index (χ3v) is 5.38. The third-order valence-electron chi connectivity index (χ3n) is 5.13. The maximum absolute atomic E-state index is 13.2. The molecule has 4 aromatic rings. The summed E-state index contributed by atoms with van der Waals surface area (Å²) in [5.74, 6) is 0.0424. The van der Waals surface area contributed by atoms with Gasteiger partial charge in [-0.25, -0.2) is 4.98 Å². The van der Waals surface area contributed by atoms with E-state index in [1.165, 1.54) is 0 Å². The fraction of sp³-hybridized carbons (Fsp3) is 0.208. The molecule has 1 amide bonds. The summed E-state index contributed by atoms with van der Waals surface area (Å²) in [5.41, 5.74) is 5.45. The van der Waals surface area contributed by atoms with Gasteiger partial charge in [0.2, 0.25) is 5.91 Å². The van der Waals surface area contributed by atoms with Crippen LogP contribution in [0.25, 0.3) is 16.9 Å². The molecule has 0 fully saturated rings. The van der Waals surface area contributed by atoms with Crippen LogP contribution in [0.2, 0.25) is 5.02 Å². The van der Waals surface area contributed by atoms with Crippen molar-refractivity contribution in [1.82, 2.24) is 19.3 Å². The van der Waals surface area contributed by atoms with Crippen molar-refractivity contribution < 1.29 is 4.79 Å². The number of aromatic nitrogens is 3. The first-order valence-corrected chi connectivity index (χ1v) is 10.3. The van der Waals surface area contributed by atoms with Crippen LogP contribution in [-0.4, -0.2) is 31.7 Å². The standard InChI is InChI=1S/C24H23ClN4O.ClH/c1-3-28(16-20-6-4-5-12-26-20)23(30)15-21-24(18-7-9-19(25)10-8-18)27-22-14-17(2)11-13-29(21)22;/h4-14H,3,15-16H2,1-2H3;1H. The number of aryl methyl sites for hydroxylation is 1. The van der Waals surface area contributed by atoms with E-state index in [2.05, 4.69) is 4.98 Å². The number of benzene rings is 1. The van der Waals surface area contributed by atoms with Crippen molar-refractivity contribution in [1.29, 1.82) is 0 Å². The lowest BCUT2D eigenvalue weighted by atomic mass is 10.1. The Morgan fingerprint density at radius 1 is 1.13 bits per heavy atom. The number of hydrogen-bond acceptors (Lipinski definition) is 3. The van der Waals surface area contributed by atoms with Gasteiger partial charge in [-0.2, -0.15) is 0 Å². The predicted molar refractivity (Wildman–Crippen MR) is 127 cm³/mol. The van der Waals surface area contributed by atoms with E-state index in [0.29, 0.717) is 18.1 Å². The van der Waals surface area contributed by atoms with Gasteiger partial charge in [0, 0.05) is 29.5 Å². The highest BCUT2D eigenvalue weighted by molar-refractivity contribution is 6.30. The van der Waals surface area contributed by atoms with Crippen LogP contribution in [-0.2, 0) is 17.8 Å². The number of carbonyl (C=O) groups is 1. The normalized spacial score (nSPS) is 10.7. The van der Waals surface area contributed by atoms with E-state index in [4.69, 9.17) is 16.6 Å². The van der Waals surface area contributed by atoms with Crippen molar-refractivity contribution in [3.8, 4) is 11.3 Å². The molecule has 1 aromatic carbocycles. The number of hydrogen-bond donors (Lipinski definition) is 0. The van der Waals surface area contributed by atoms with Gasteiger partial charge in [0.15, 0.2) is 0 Å². The molecule has 0 N–H and O–H groups in total. The number of imidazole rings is 1. The minimum absolute atomic E-state index is 0. The van der Waals surface area contributed by atoms with Crippen LogP contribution in [0.3, 0.4) is 0 Å². The molecule has 0 atom stereocenters. The smallest absolute Gasteiger partial charge is 0.228 e. The summed E-state index contributed by atoms with van der Waals surface area (Å²) < 4.78 is 2.00. The average molecular weight is 455 g/mol. The fourth-order valence-corrected chi connectivity index (χ4v) is 3.65. The van der Waals surface area contributed by atoms with Crippen molar-refractivity contribution in [2.24, 2.45) is 0 Å². The highest BCUT2D eigenvalue weighted by Crippen LogP contribution is 2.27. The Balaban J connectivity index is 0.00000272. The zero-order valence-electron chi connectivity index (χ0n) is 17.5. The Morgan fingerprint density at radius 3 is 2.58 bits per heavy atom. The molecule has 0 unspecified atom stereocenters. The first kappa shape index (κ1) is 22.8. The van der Waals surface area contributed by atoms with Gasteiger partial charge in [0.25, 0.3) is 0 Å². The monoisotopic (exact) mass is 454 g/mol. The molecule has 3 heterocycles. The Kier molecular flexibility index (Phi) is 7.31. The van der Waals surface area contributed by atoms with Gasteiger partial charge >= 0.3 is 0 Å². The second-order valence-corrected chi connectivity index (χ2v) is 7.69. The van der Waals surface area contributed by atoms with Crippen molar-refractivity contribution in [3.05, 3.63) is 89.0 Å². The number of likely N-dealkylation sites (N-methyl/N-ethyl adjacent to an activating group) is 1. The first-order valence-electron chi connectivity index (χ1n) is 9.96. The summed E-state index contributed by atoms with van der Waals surface area (Å²) in [5, 5.41) is 0.670. The van der Waals surface area contributed by atoms with E-state index >= 15 is 0 Å². The van der Waals surface area contributed by atoms with Gasteiger partial charge in [0.1, 0.15) is 5.65 Å². The highest BCUT2D eigenvalue weighted by atomic mass is 35.5. The maximum Gasteiger partial charge on any atom is 0.228 e. The van der Waals surface area contributed by atoms with Crippen molar-refractivity contribution in [2.45, 2.75) is 26.8 Å². The van der Waals surface area contributed by atoms with E-state index in [1.807, 2.05) is 83.9 Å². The largest absolute Gasteiger partial charge is 0.337 e. The van der Waals surface area contributed by atoms with Crippen LogP contribution < -0.4 is 0 Å². The molecule has 31 heavy (non-hydrogen) atoms. The SMILES string of the molecule is CCN(Cc1ccccn1)C(=O)Cc1c(-c2ccc(Cl)cc2)nc2cc(C)ccn12.Cl. The summed E-state index contributed by atoms with van der Waals surface area (Å²) in [4.78, 5) is 24.2. The van der Waals surface area contributed by atoms with Gasteiger partial charge < -0.3 is 9.30 Å². The number of amides is 1. The highest BCUT2D eigenvalue weighted by Gasteiger charge is 2.20. The molecule has 0 saturated heterocycles. The van der Waals surface area contributed by atoms with E-state index in [1.54, 1.807) is 6.20 Å². The number of halogens is 2. The zero-order chi connectivity index (χ0) is 21.1. The molecule has 160 valence electrons. The van der Waals surface area contributed by atoms with E-state index in [-0.39, 0.29) is 24.7 Å². The lowest BCUT2D eigenvalue weighted by molar-refractivity contribution is -0.131. The topological polar surface area (TPSA) is 50.5 Å². The fourth-order valence-electron chi connectivity index (χ4n) is 3.52. The Hall–Kier alpha value is -2.89. The lowest BCUT2D eigenvalue weighted by Gasteiger charge is -2.20. The Bertz CT molecular complexity index is 1170. The molecular formula is C24H24Cl2N4O. The second kappa shape index (κ2) is 9.94. The Morgan fingerprint density at radius 2 is 1.90 bits per heavy atom. The van der Waals surface area contributed by atoms with Crippen LogP contribution in [0, 0.1) is 6.92 Å². The molecular weight excluding hydrogens is 431 g/mol. The van der Waals surface area contributed by atoms with Gasteiger partial charge in [0.05, 0.1) is 30.0 Å². The maximum atomic E-state index is 13.2. The molecule has 0 spiro atoms. The van der Waals surface area contributed by atoms with Crippen molar-refractivity contribution in [3.63, 3.8) is 0 Å². The predicted octanol–water partition coefficient (Wildman–Crippen LogP) is 5.37. The third kappa shape index (κ3) is 5.06. The van der Waals surface area contributed by atoms with Crippen LogP contribution in [0.4, 0.5) is 0 Å². The summed E-state index contributed by atoms with van der Waals surface area (Å²) in [6.07, 6.45) is 3.98. The minimum atomic E-state index is 0. The summed E-state index contributed by atoms with van der Waals surface area (Å²) >= 11 is 6.07. The van der Waals surface area contributed by atoms with E-state index < -0.39 is 0 Å².